The molecule has 1 aromatic heterocycles. The molecule has 3 aromatic carbocycles. The molecule has 0 aliphatic rings. The summed E-state index contributed by atoms with van der Waals surface area (Å²) in [6.07, 6.45) is 3.65. The summed E-state index contributed by atoms with van der Waals surface area (Å²) >= 11 is 0. The predicted molar refractivity (Wildman–Crippen MR) is 133 cm³/mol. The zero-order valence-electron chi connectivity index (χ0n) is 19.3. The molecular weight excluding hydrogens is 426 g/mol. The maximum atomic E-state index is 13.1. The van der Waals surface area contributed by atoms with Crippen molar-refractivity contribution >= 4 is 23.2 Å². The number of aromatic nitrogens is 2. The number of ether oxygens (including phenoxy) is 2. The van der Waals surface area contributed by atoms with Gasteiger partial charge in [-0.2, -0.15) is 0 Å². The molecule has 1 unspecified atom stereocenters. The second-order valence-electron chi connectivity index (χ2n) is 7.63. The van der Waals surface area contributed by atoms with Gasteiger partial charge in [0.25, 0.3) is 0 Å². The minimum absolute atomic E-state index is 0.294. The van der Waals surface area contributed by atoms with Crippen LogP contribution in [0.15, 0.2) is 97.5 Å². The van der Waals surface area contributed by atoms with Crippen LogP contribution in [-0.4, -0.2) is 29.7 Å². The number of carbonyl (C=O) groups is 1. The van der Waals surface area contributed by atoms with Gasteiger partial charge in [0.2, 0.25) is 0 Å². The first-order chi connectivity index (χ1) is 16.7. The molecule has 0 fully saturated rings. The highest BCUT2D eigenvalue weighted by atomic mass is 16.5. The summed E-state index contributed by atoms with van der Waals surface area (Å²) < 4.78 is 11.0. The van der Waals surface area contributed by atoms with E-state index < -0.39 is 5.92 Å². The van der Waals surface area contributed by atoms with Crippen LogP contribution in [0.4, 0.5) is 17.2 Å². The third-order valence-electron chi connectivity index (χ3n) is 5.51. The van der Waals surface area contributed by atoms with Crippen molar-refractivity contribution in [2.24, 2.45) is 0 Å². The van der Waals surface area contributed by atoms with E-state index in [0.717, 1.165) is 22.5 Å². The summed E-state index contributed by atoms with van der Waals surface area (Å²) in [6, 6.07) is 27.6. The lowest BCUT2D eigenvalue weighted by Gasteiger charge is -2.27. The van der Waals surface area contributed by atoms with E-state index in [1.807, 2.05) is 84.9 Å². The Balaban J connectivity index is 1.82. The molecule has 6 heteroatoms. The number of esters is 1. The Morgan fingerprint density at radius 1 is 0.912 bits per heavy atom. The fourth-order valence-corrected chi connectivity index (χ4v) is 3.98. The fraction of sp³-hybridized carbons (Fsp3) is 0.179. The van der Waals surface area contributed by atoms with Crippen molar-refractivity contribution in [3.8, 4) is 5.75 Å². The number of para-hydroxylation sites is 3. The molecule has 34 heavy (non-hydrogen) atoms. The average Bonchev–Trinajstić information content (AvgIpc) is 2.89. The number of hydrogen-bond donors (Lipinski definition) is 0. The zero-order chi connectivity index (χ0) is 23.8. The largest absolute Gasteiger partial charge is 0.496 e. The van der Waals surface area contributed by atoms with Gasteiger partial charge < -0.3 is 9.47 Å². The Hall–Kier alpha value is -4.19. The second kappa shape index (κ2) is 11.1. The highest BCUT2D eigenvalue weighted by Crippen LogP contribution is 2.37. The van der Waals surface area contributed by atoms with Gasteiger partial charge in [0.1, 0.15) is 17.9 Å². The van der Waals surface area contributed by atoms with Crippen molar-refractivity contribution in [1.82, 2.24) is 9.97 Å². The third-order valence-corrected chi connectivity index (χ3v) is 5.51. The molecule has 6 nitrogen and oxygen atoms in total. The van der Waals surface area contributed by atoms with Gasteiger partial charge in [0.15, 0.2) is 0 Å². The molecule has 0 amide bonds. The third kappa shape index (κ3) is 5.07. The van der Waals surface area contributed by atoms with Crippen LogP contribution in [0.1, 0.15) is 24.0 Å². The number of hydrogen-bond acceptors (Lipinski definition) is 6. The van der Waals surface area contributed by atoms with Crippen LogP contribution < -0.4 is 9.64 Å². The quantitative estimate of drug-likeness (QED) is 0.297. The van der Waals surface area contributed by atoms with E-state index in [1.54, 1.807) is 20.2 Å². The Morgan fingerprint density at radius 2 is 1.53 bits per heavy atom. The molecule has 0 bridgehead atoms. The van der Waals surface area contributed by atoms with Gasteiger partial charge in [0, 0.05) is 28.7 Å². The summed E-state index contributed by atoms with van der Waals surface area (Å²) in [5.41, 5.74) is 3.50. The van der Waals surface area contributed by atoms with Gasteiger partial charge in [-0.1, -0.05) is 54.6 Å². The predicted octanol–water partition coefficient (Wildman–Crippen LogP) is 5.84. The molecule has 4 rings (SSSR count). The van der Waals surface area contributed by atoms with Crippen LogP contribution >= 0.6 is 0 Å². The monoisotopic (exact) mass is 453 g/mol. The van der Waals surface area contributed by atoms with Gasteiger partial charge >= 0.3 is 5.97 Å². The molecule has 172 valence electrons. The fourth-order valence-electron chi connectivity index (χ4n) is 3.98. The highest BCUT2D eigenvalue weighted by Gasteiger charge is 2.28. The van der Waals surface area contributed by atoms with Gasteiger partial charge in [-0.05, 0) is 43.7 Å². The normalized spacial score (nSPS) is 11.5. The van der Waals surface area contributed by atoms with Crippen molar-refractivity contribution in [3.05, 3.63) is 109 Å². The van der Waals surface area contributed by atoms with Crippen molar-refractivity contribution < 1.29 is 14.3 Å². The Morgan fingerprint density at radius 3 is 2.15 bits per heavy atom. The Labute approximate surface area is 199 Å². The molecule has 0 saturated carbocycles. The Kier molecular flexibility index (Phi) is 7.50. The van der Waals surface area contributed by atoms with E-state index >= 15 is 0 Å². The van der Waals surface area contributed by atoms with Crippen LogP contribution in [0.25, 0.3) is 0 Å². The number of rotatable bonds is 9. The maximum absolute atomic E-state index is 13.1. The molecule has 0 radical (unpaired) electrons. The molecule has 1 heterocycles. The first kappa shape index (κ1) is 23.0. The molecular formula is C28H27N3O3. The van der Waals surface area contributed by atoms with Gasteiger partial charge in [-0.15, -0.1) is 0 Å². The van der Waals surface area contributed by atoms with Crippen LogP contribution in [0.2, 0.25) is 0 Å². The summed E-state index contributed by atoms with van der Waals surface area (Å²) in [5, 5.41) is 0. The topological polar surface area (TPSA) is 64.5 Å². The number of benzene rings is 3. The van der Waals surface area contributed by atoms with Crippen molar-refractivity contribution in [3.63, 3.8) is 0 Å². The maximum Gasteiger partial charge on any atom is 0.313 e. The zero-order valence-corrected chi connectivity index (χ0v) is 19.3. The average molecular weight is 454 g/mol. The molecule has 0 aliphatic carbocycles. The van der Waals surface area contributed by atoms with Gasteiger partial charge in [0.05, 0.1) is 19.6 Å². The summed E-state index contributed by atoms with van der Waals surface area (Å²) in [6.45, 7) is 2.10. The minimum atomic E-state index is -0.575. The summed E-state index contributed by atoms with van der Waals surface area (Å²) in [7, 11) is 1.60. The van der Waals surface area contributed by atoms with E-state index in [0.29, 0.717) is 24.6 Å². The first-order valence-corrected chi connectivity index (χ1v) is 11.2. The summed E-state index contributed by atoms with van der Waals surface area (Å²) in [5.74, 6) is 0.459. The van der Waals surface area contributed by atoms with E-state index in [9.17, 15) is 4.79 Å². The second-order valence-corrected chi connectivity index (χ2v) is 7.63. The lowest BCUT2D eigenvalue weighted by molar-refractivity contribution is -0.145. The number of carbonyl (C=O) groups excluding carboxylic acids is 1. The van der Waals surface area contributed by atoms with Crippen molar-refractivity contribution in [2.75, 3.05) is 18.6 Å². The van der Waals surface area contributed by atoms with Crippen molar-refractivity contribution in [2.45, 2.75) is 19.3 Å². The van der Waals surface area contributed by atoms with Crippen LogP contribution in [0, 0.1) is 0 Å². The number of anilines is 3. The van der Waals surface area contributed by atoms with Crippen LogP contribution in [-0.2, 0) is 16.0 Å². The lowest BCUT2D eigenvalue weighted by atomic mass is 9.91. The van der Waals surface area contributed by atoms with E-state index in [-0.39, 0.29) is 5.97 Å². The SMILES string of the molecule is CCOC(=O)C(Cc1cncnc1N(c1ccccc1)c1ccccc1)c1ccccc1OC. The molecule has 0 saturated heterocycles. The molecule has 0 N–H and O–H groups in total. The van der Waals surface area contributed by atoms with E-state index in [2.05, 4.69) is 14.9 Å². The van der Waals surface area contributed by atoms with Crippen LogP contribution in [0.3, 0.4) is 0 Å². The summed E-state index contributed by atoms with van der Waals surface area (Å²) in [4.78, 5) is 24.1. The van der Waals surface area contributed by atoms with E-state index in [4.69, 9.17) is 9.47 Å². The lowest BCUT2D eigenvalue weighted by Crippen LogP contribution is -2.21. The Bertz CT molecular complexity index is 1180. The molecule has 1 atom stereocenters. The number of methoxy groups -OCH3 is 1. The van der Waals surface area contributed by atoms with Gasteiger partial charge in [-0.3, -0.25) is 9.69 Å². The van der Waals surface area contributed by atoms with Gasteiger partial charge in [-0.25, -0.2) is 9.97 Å². The van der Waals surface area contributed by atoms with Crippen LogP contribution in [0.5, 0.6) is 5.75 Å². The molecule has 0 spiro atoms. The number of nitrogens with zero attached hydrogens (tertiary/aromatic N) is 3. The highest BCUT2D eigenvalue weighted by molar-refractivity contribution is 5.81. The van der Waals surface area contributed by atoms with E-state index in [1.165, 1.54) is 6.33 Å². The molecule has 0 aliphatic heterocycles. The minimum Gasteiger partial charge on any atom is -0.496 e. The van der Waals surface area contributed by atoms with Crippen molar-refractivity contribution in [1.29, 1.82) is 0 Å². The first-order valence-electron chi connectivity index (χ1n) is 11.2. The standard InChI is InChI=1S/C28H27N3O3/c1-3-34-28(32)25(24-16-10-11-17-26(24)33-2)18-21-19-29-20-30-27(21)31(22-12-6-4-7-13-22)23-14-8-5-9-15-23/h4-17,19-20,25H,3,18H2,1-2H3. The molecule has 4 aromatic rings. The smallest absolute Gasteiger partial charge is 0.313 e.